The molecule has 1 amide bonds. The highest BCUT2D eigenvalue weighted by molar-refractivity contribution is 5.76. The van der Waals surface area contributed by atoms with E-state index in [1.54, 1.807) is 21.3 Å². The number of rotatable bonds is 9. The van der Waals surface area contributed by atoms with Crippen molar-refractivity contribution in [2.45, 2.75) is 39.3 Å². The van der Waals surface area contributed by atoms with Crippen molar-refractivity contribution in [3.8, 4) is 17.2 Å². The number of hydrogen-bond donors (Lipinski definition) is 2. The number of carbonyl (C=O) groups excluding carboxylic acids is 1. The van der Waals surface area contributed by atoms with E-state index in [-0.39, 0.29) is 11.3 Å². The van der Waals surface area contributed by atoms with Gasteiger partial charge in [0.1, 0.15) is 6.54 Å². The summed E-state index contributed by atoms with van der Waals surface area (Å²) in [4.78, 5) is 13.5. The predicted octanol–water partition coefficient (Wildman–Crippen LogP) is 2.34. The van der Waals surface area contributed by atoms with E-state index in [4.69, 9.17) is 14.2 Å². The molecule has 0 aliphatic carbocycles. The fourth-order valence-corrected chi connectivity index (χ4v) is 3.31. The minimum absolute atomic E-state index is 0.00689. The van der Waals surface area contributed by atoms with E-state index in [0.29, 0.717) is 30.3 Å². The van der Waals surface area contributed by atoms with Crippen molar-refractivity contribution in [3.05, 3.63) is 53.1 Å². The second-order valence-corrected chi connectivity index (χ2v) is 8.57. The molecule has 0 aromatic heterocycles. The maximum atomic E-state index is 12.4. The van der Waals surface area contributed by atoms with Crippen LogP contribution in [0.25, 0.3) is 0 Å². The monoisotopic (exact) mass is 415 g/mol. The van der Waals surface area contributed by atoms with Crippen LogP contribution in [0.15, 0.2) is 36.4 Å². The molecule has 0 fully saturated rings. The van der Waals surface area contributed by atoms with Crippen LogP contribution in [0.4, 0.5) is 0 Å². The van der Waals surface area contributed by atoms with E-state index in [2.05, 4.69) is 50.4 Å². The van der Waals surface area contributed by atoms with Gasteiger partial charge in [-0.15, -0.1) is 0 Å². The van der Waals surface area contributed by atoms with Gasteiger partial charge >= 0.3 is 0 Å². The van der Waals surface area contributed by atoms with E-state index < -0.39 is 0 Å². The lowest BCUT2D eigenvalue weighted by Crippen LogP contribution is -3.08. The number of quaternary nitrogens is 1. The van der Waals surface area contributed by atoms with Gasteiger partial charge in [-0.1, -0.05) is 45.0 Å². The molecule has 2 aromatic carbocycles. The molecule has 1 atom stereocenters. The molecular formula is C24H35N2O4+. The van der Waals surface area contributed by atoms with Crippen LogP contribution in [-0.2, 0) is 23.3 Å². The fraction of sp³-hybridized carbons (Fsp3) is 0.458. The first-order valence-corrected chi connectivity index (χ1v) is 10.1. The summed E-state index contributed by atoms with van der Waals surface area (Å²) in [6.45, 7) is 8.20. The summed E-state index contributed by atoms with van der Waals surface area (Å²) in [5.41, 5.74) is 3.56. The summed E-state index contributed by atoms with van der Waals surface area (Å²) < 4.78 is 16.1. The van der Waals surface area contributed by atoms with Crippen LogP contribution in [0.2, 0.25) is 0 Å². The largest absolute Gasteiger partial charge is 0.493 e. The third kappa shape index (κ3) is 6.39. The summed E-state index contributed by atoms with van der Waals surface area (Å²) in [5.74, 6) is 1.68. The van der Waals surface area contributed by atoms with E-state index in [9.17, 15) is 4.79 Å². The fourth-order valence-electron chi connectivity index (χ4n) is 3.31. The van der Waals surface area contributed by atoms with Gasteiger partial charge in [-0.05, 0) is 28.7 Å². The Morgan fingerprint density at radius 3 is 1.97 bits per heavy atom. The van der Waals surface area contributed by atoms with Crippen molar-refractivity contribution >= 4 is 5.91 Å². The number of carbonyl (C=O) groups is 1. The average molecular weight is 416 g/mol. The summed E-state index contributed by atoms with van der Waals surface area (Å²) in [6, 6.07) is 12.3. The molecule has 0 radical (unpaired) electrons. The van der Waals surface area contributed by atoms with Gasteiger partial charge in [0.15, 0.2) is 18.0 Å². The number of methoxy groups -OCH3 is 3. The summed E-state index contributed by atoms with van der Waals surface area (Å²) in [6.07, 6.45) is 0. The zero-order chi connectivity index (χ0) is 22.3. The zero-order valence-corrected chi connectivity index (χ0v) is 19.2. The maximum absolute atomic E-state index is 12.4. The van der Waals surface area contributed by atoms with Crippen LogP contribution in [0.1, 0.15) is 37.5 Å². The molecule has 164 valence electrons. The number of amides is 1. The number of likely N-dealkylation sites (N-methyl/N-ethyl adjacent to an activating group) is 1. The lowest BCUT2D eigenvalue weighted by atomic mass is 9.87. The van der Waals surface area contributed by atoms with Gasteiger partial charge in [0, 0.05) is 12.1 Å². The van der Waals surface area contributed by atoms with Crippen LogP contribution < -0.4 is 24.4 Å². The normalized spacial score (nSPS) is 12.2. The van der Waals surface area contributed by atoms with E-state index >= 15 is 0 Å². The van der Waals surface area contributed by atoms with Crippen molar-refractivity contribution in [2.24, 2.45) is 0 Å². The molecule has 0 aliphatic heterocycles. The predicted molar refractivity (Wildman–Crippen MR) is 119 cm³/mol. The lowest BCUT2D eigenvalue weighted by molar-refractivity contribution is -0.885. The molecule has 0 saturated heterocycles. The first kappa shape index (κ1) is 23.5. The van der Waals surface area contributed by atoms with Gasteiger partial charge in [-0.2, -0.15) is 0 Å². The molecule has 1 unspecified atom stereocenters. The Kier molecular flexibility index (Phi) is 8.12. The highest BCUT2D eigenvalue weighted by Gasteiger charge is 2.16. The molecule has 30 heavy (non-hydrogen) atoms. The molecule has 2 aromatic rings. The van der Waals surface area contributed by atoms with Crippen LogP contribution in [0.5, 0.6) is 17.2 Å². The van der Waals surface area contributed by atoms with Crippen molar-refractivity contribution in [2.75, 3.05) is 34.9 Å². The Hall–Kier alpha value is -2.73. The van der Waals surface area contributed by atoms with Gasteiger partial charge < -0.3 is 24.4 Å². The van der Waals surface area contributed by atoms with Crippen LogP contribution in [-0.4, -0.2) is 40.8 Å². The Labute approximate surface area is 180 Å². The Balaban J connectivity index is 1.91. The highest BCUT2D eigenvalue weighted by Crippen LogP contribution is 2.38. The SMILES string of the molecule is COc1cc(CNC(=O)C[NH+](C)Cc2ccc(C(C)(C)C)cc2)cc(OC)c1OC. The van der Waals surface area contributed by atoms with Crippen LogP contribution in [0.3, 0.4) is 0 Å². The number of benzene rings is 2. The van der Waals surface area contributed by atoms with Gasteiger partial charge in [0.25, 0.3) is 5.91 Å². The van der Waals surface area contributed by atoms with Crippen molar-refractivity contribution < 1.29 is 23.9 Å². The van der Waals surface area contributed by atoms with E-state index in [0.717, 1.165) is 17.0 Å². The topological polar surface area (TPSA) is 61.2 Å². The molecule has 2 rings (SSSR count). The Bertz CT molecular complexity index is 816. The molecule has 6 heteroatoms. The van der Waals surface area contributed by atoms with Crippen LogP contribution in [0, 0.1) is 0 Å². The Morgan fingerprint density at radius 1 is 0.933 bits per heavy atom. The summed E-state index contributed by atoms with van der Waals surface area (Å²) in [5, 5.41) is 2.97. The number of ether oxygens (including phenoxy) is 3. The second-order valence-electron chi connectivity index (χ2n) is 8.57. The van der Waals surface area contributed by atoms with Gasteiger partial charge in [-0.25, -0.2) is 0 Å². The number of hydrogen-bond acceptors (Lipinski definition) is 4. The lowest BCUT2D eigenvalue weighted by Gasteiger charge is -2.20. The first-order chi connectivity index (χ1) is 14.2. The van der Waals surface area contributed by atoms with Gasteiger partial charge in [-0.3, -0.25) is 4.79 Å². The number of nitrogens with one attached hydrogen (secondary N) is 2. The van der Waals surface area contributed by atoms with Gasteiger partial charge in [0.2, 0.25) is 5.75 Å². The molecule has 2 N–H and O–H groups in total. The second kappa shape index (κ2) is 10.3. The molecule has 6 nitrogen and oxygen atoms in total. The molecule has 0 spiro atoms. The average Bonchev–Trinajstić information content (AvgIpc) is 2.70. The first-order valence-electron chi connectivity index (χ1n) is 10.1. The highest BCUT2D eigenvalue weighted by atomic mass is 16.5. The van der Waals surface area contributed by atoms with E-state index in [1.807, 2.05) is 19.2 Å². The van der Waals surface area contributed by atoms with Gasteiger partial charge in [0.05, 0.1) is 28.4 Å². The third-order valence-corrected chi connectivity index (χ3v) is 5.00. The van der Waals surface area contributed by atoms with Crippen molar-refractivity contribution in [1.82, 2.24) is 5.32 Å². The maximum Gasteiger partial charge on any atom is 0.275 e. The minimum atomic E-state index is -0.00689. The zero-order valence-electron chi connectivity index (χ0n) is 19.2. The quantitative estimate of drug-likeness (QED) is 0.660. The molecule has 0 saturated carbocycles. The minimum Gasteiger partial charge on any atom is -0.493 e. The molecular weight excluding hydrogens is 380 g/mol. The summed E-state index contributed by atoms with van der Waals surface area (Å²) >= 11 is 0. The molecule has 0 bridgehead atoms. The molecule has 0 heterocycles. The molecule has 0 aliphatic rings. The van der Waals surface area contributed by atoms with Crippen LogP contribution >= 0.6 is 0 Å². The summed E-state index contributed by atoms with van der Waals surface area (Å²) in [7, 11) is 6.74. The van der Waals surface area contributed by atoms with Crippen molar-refractivity contribution in [3.63, 3.8) is 0 Å². The standard InChI is InChI=1S/C24H34N2O4/c1-24(2,3)19-10-8-17(9-11-19)15-26(4)16-22(27)25-14-18-12-20(28-5)23(30-7)21(13-18)29-6/h8-13H,14-16H2,1-7H3,(H,25,27)/p+1. The Morgan fingerprint density at radius 2 is 1.50 bits per heavy atom. The van der Waals surface area contributed by atoms with Crippen molar-refractivity contribution in [1.29, 1.82) is 0 Å². The third-order valence-electron chi connectivity index (χ3n) is 5.00. The van der Waals surface area contributed by atoms with E-state index in [1.165, 1.54) is 11.1 Å². The smallest absolute Gasteiger partial charge is 0.275 e.